The summed E-state index contributed by atoms with van der Waals surface area (Å²) in [5, 5.41) is 13.6. The van der Waals surface area contributed by atoms with Gasteiger partial charge in [-0.05, 0) is 12.1 Å². The van der Waals surface area contributed by atoms with Gasteiger partial charge in [0, 0.05) is 24.8 Å². The quantitative estimate of drug-likeness (QED) is 0.732. The van der Waals surface area contributed by atoms with Crippen LogP contribution in [-0.4, -0.2) is 33.5 Å². The molecule has 2 N–H and O–H groups in total. The van der Waals surface area contributed by atoms with E-state index in [4.69, 9.17) is 10.5 Å². The average molecular weight is 275 g/mol. The van der Waals surface area contributed by atoms with Crippen LogP contribution in [0.4, 0.5) is 5.69 Å². The minimum absolute atomic E-state index is 0.598. The van der Waals surface area contributed by atoms with Gasteiger partial charge in [-0.1, -0.05) is 23.5 Å². The number of rotatable bonds is 4. The topological polar surface area (TPSA) is 78.3 Å². The minimum atomic E-state index is 0.598. The molecular formula is C12H13N5OS. The first-order valence-electron chi connectivity index (χ1n) is 5.84. The molecule has 0 fully saturated rings. The van der Waals surface area contributed by atoms with Crippen LogP contribution in [0, 0.1) is 0 Å². The zero-order valence-corrected chi connectivity index (χ0v) is 11.2. The predicted molar refractivity (Wildman–Crippen MR) is 74.1 cm³/mol. The first-order valence-corrected chi connectivity index (χ1v) is 6.66. The lowest BCUT2D eigenvalue weighted by atomic mass is 10.2. The summed E-state index contributed by atoms with van der Waals surface area (Å²) in [6, 6.07) is 7.67. The van der Waals surface area contributed by atoms with Crippen molar-refractivity contribution in [2.45, 2.75) is 6.42 Å². The van der Waals surface area contributed by atoms with Crippen molar-refractivity contribution in [1.29, 1.82) is 0 Å². The van der Waals surface area contributed by atoms with Crippen molar-refractivity contribution in [1.82, 2.24) is 19.8 Å². The monoisotopic (exact) mass is 275 g/mol. The lowest BCUT2D eigenvalue weighted by Crippen LogP contribution is -2.01. The zero-order chi connectivity index (χ0) is 13.2. The maximum atomic E-state index is 5.96. The third-order valence-electron chi connectivity index (χ3n) is 2.78. The standard InChI is InChI=1S/C12H13N5OS/c1-18-7-6-10-14-15-12-17(10)16-11(19-12)8-4-2-3-5-9(8)13/h2-5H,6-7,13H2,1H3. The van der Waals surface area contributed by atoms with Crippen molar-refractivity contribution in [2.24, 2.45) is 0 Å². The van der Waals surface area contributed by atoms with Gasteiger partial charge in [0.05, 0.1) is 6.61 Å². The van der Waals surface area contributed by atoms with Crippen molar-refractivity contribution in [3.05, 3.63) is 30.1 Å². The highest BCUT2D eigenvalue weighted by Gasteiger charge is 2.13. The largest absolute Gasteiger partial charge is 0.398 e. The van der Waals surface area contributed by atoms with Gasteiger partial charge in [-0.2, -0.15) is 9.61 Å². The number of fused-ring (bicyclic) bond motifs is 1. The van der Waals surface area contributed by atoms with Gasteiger partial charge in [0.1, 0.15) is 5.01 Å². The Morgan fingerprint density at radius 1 is 1.32 bits per heavy atom. The summed E-state index contributed by atoms with van der Waals surface area (Å²) >= 11 is 1.48. The van der Waals surface area contributed by atoms with E-state index >= 15 is 0 Å². The highest BCUT2D eigenvalue weighted by Crippen LogP contribution is 2.29. The molecule has 0 aliphatic heterocycles. The number of aromatic nitrogens is 4. The normalized spacial score (nSPS) is 11.2. The molecule has 0 atom stereocenters. The molecule has 1 aromatic carbocycles. The first kappa shape index (κ1) is 12.1. The van der Waals surface area contributed by atoms with Crippen molar-refractivity contribution in [3.63, 3.8) is 0 Å². The van der Waals surface area contributed by atoms with Gasteiger partial charge in [0.25, 0.3) is 0 Å². The number of methoxy groups -OCH3 is 1. The molecule has 0 radical (unpaired) electrons. The van der Waals surface area contributed by atoms with Gasteiger partial charge >= 0.3 is 0 Å². The summed E-state index contributed by atoms with van der Waals surface area (Å²) in [5.74, 6) is 0.800. The summed E-state index contributed by atoms with van der Waals surface area (Å²) in [6.07, 6.45) is 0.686. The second kappa shape index (κ2) is 4.94. The number of anilines is 1. The number of ether oxygens (including phenoxy) is 1. The fourth-order valence-electron chi connectivity index (χ4n) is 1.81. The molecule has 0 spiro atoms. The molecule has 0 saturated carbocycles. The van der Waals surface area contributed by atoms with Crippen molar-refractivity contribution in [3.8, 4) is 10.6 Å². The van der Waals surface area contributed by atoms with Gasteiger partial charge < -0.3 is 10.5 Å². The van der Waals surface area contributed by atoms with Crippen LogP contribution < -0.4 is 5.73 Å². The lowest BCUT2D eigenvalue weighted by molar-refractivity contribution is 0.200. The molecule has 98 valence electrons. The molecule has 0 unspecified atom stereocenters. The second-order valence-electron chi connectivity index (χ2n) is 4.05. The van der Waals surface area contributed by atoms with E-state index in [1.165, 1.54) is 11.3 Å². The van der Waals surface area contributed by atoms with Gasteiger partial charge in [0.15, 0.2) is 5.82 Å². The Morgan fingerprint density at radius 2 is 2.16 bits per heavy atom. The van der Waals surface area contributed by atoms with E-state index in [9.17, 15) is 0 Å². The fourth-order valence-corrected chi connectivity index (χ4v) is 2.71. The van der Waals surface area contributed by atoms with Gasteiger partial charge in [0.2, 0.25) is 4.96 Å². The molecule has 19 heavy (non-hydrogen) atoms. The molecular weight excluding hydrogens is 262 g/mol. The number of nitrogen functional groups attached to an aromatic ring is 1. The number of benzene rings is 1. The molecule has 3 aromatic rings. The molecule has 0 bridgehead atoms. The van der Waals surface area contributed by atoms with Crippen LogP contribution in [0.2, 0.25) is 0 Å². The Kier molecular flexibility index (Phi) is 3.14. The van der Waals surface area contributed by atoms with Crippen LogP contribution in [0.25, 0.3) is 15.5 Å². The highest BCUT2D eigenvalue weighted by molar-refractivity contribution is 7.19. The Bertz CT molecular complexity index is 705. The van der Waals surface area contributed by atoms with Crippen molar-refractivity contribution in [2.75, 3.05) is 19.5 Å². The van der Waals surface area contributed by atoms with E-state index in [2.05, 4.69) is 15.3 Å². The molecule has 6 nitrogen and oxygen atoms in total. The number of para-hydroxylation sites is 1. The third kappa shape index (κ3) is 2.18. The molecule has 7 heteroatoms. The van der Waals surface area contributed by atoms with E-state index in [1.54, 1.807) is 11.6 Å². The number of hydrogen-bond acceptors (Lipinski definition) is 6. The molecule has 0 aliphatic rings. The number of hydrogen-bond donors (Lipinski definition) is 1. The maximum Gasteiger partial charge on any atom is 0.234 e. The summed E-state index contributed by atoms with van der Waals surface area (Å²) in [7, 11) is 1.66. The molecule has 2 aromatic heterocycles. The van der Waals surface area contributed by atoms with Crippen molar-refractivity contribution < 1.29 is 4.74 Å². The van der Waals surface area contributed by atoms with E-state index < -0.39 is 0 Å². The first-order chi connectivity index (χ1) is 9.29. The number of nitrogens with zero attached hydrogens (tertiary/aromatic N) is 4. The van der Waals surface area contributed by atoms with Crippen LogP contribution in [0.15, 0.2) is 24.3 Å². The highest BCUT2D eigenvalue weighted by atomic mass is 32.1. The lowest BCUT2D eigenvalue weighted by Gasteiger charge is -1.99. The Morgan fingerprint density at radius 3 is 2.95 bits per heavy atom. The summed E-state index contributed by atoms with van der Waals surface area (Å²) < 4.78 is 6.80. The van der Waals surface area contributed by atoms with E-state index in [1.807, 2.05) is 24.3 Å². The Hall–Kier alpha value is -1.99. The third-order valence-corrected chi connectivity index (χ3v) is 3.71. The summed E-state index contributed by atoms with van der Waals surface area (Å²) in [4.78, 5) is 0.768. The molecule has 2 heterocycles. The Balaban J connectivity index is 2.03. The minimum Gasteiger partial charge on any atom is -0.398 e. The van der Waals surface area contributed by atoms with Gasteiger partial charge in [-0.3, -0.25) is 0 Å². The van der Waals surface area contributed by atoms with Crippen LogP contribution >= 0.6 is 11.3 Å². The predicted octanol–water partition coefficient (Wildman–Crippen LogP) is 1.62. The second-order valence-corrected chi connectivity index (χ2v) is 5.00. The van der Waals surface area contributed by atoms with Gasteiger partial charge in [-0.25, -0.2) is 0 Å². The van der Waals surface area contributed by atoms with E-state index in [0.717, 1.165) is 21.4 Å². The molecule has 0 aliphatic carbocycles. The van der Waals surface area contributed by atoms with Crippen LogP contribution in [-0.2, 0) is 11.2 Å². The molecule has 3 rings (SSSR count). The maximum absolute atomic E-state index is 5.96. The smallest absolute Gasteiger partial charge is 0.234 e. The summed E-state index contributed by atoms with van der Waals surface area (Å²) in [5.41, 5.74) is 7.60. The molecule has 0 saturated heterocycles. The van der Waals surface area contributed by atoms with E-state index in [-0.39, 0.29) is 0 Å². The average Bonchev–Trinajstić information content (AvgIpc) is 2.97. The van der Waals surface area contributed by atoms with Crippen LogP contribution in [0.1, 0.15) is 5.82 Å². The van der Waals surface area contributed by atoms with Gasteiger partial charge in [-0.15, -0.1) is 10.2 Å². The van der Waals surface area contributed by atoms with Crippen molar-refractivity contribution >= 4 is 22.0 Å². The summed E-state index contributed by atoms with van der Waals surface area (Å²) in [6.45, 7) is 0.598. The van der Waals surface area contributed by atoms with E-state index in [0.29, 0.717) is 18.7 Å². The van der Waals surface area contributed by atoms with Crippen LogP contribution in [0.3, 0.4) is 0 Å². The molecule has 0 amide bonds. The number of nitrogens with two attached hydrogens (primary N) is 1. The zero-order valence-electron chi connectivity index (χ0n) is 10.4. The van der Waals surface area contributed by atoms with Crippen LogP contribution in [0.5, 0.6) is 0 Å². The Labute approximate surface area is 113 Å². The SMILES string of the molecule is COCCc1nnc2sc(-c3ccccc3N)nn12. The fraction of sp³-hybridized carbons (Fsp3) is 0.250.